The van der Waals surface area contributed by atoms with Crippen molar-refractivity contribution >= 4 is 27.3 Å². The van der Waals surface area contributed by atoms with Crippen LogP contribution >= 0.6 is 0 Å². The Bertz CT molecular complexity index is 1080. The van der Waals surface area contributed by atoms with Crippen molar-refractivity contribution in [3.05, 3.63) is 66.2 Å². The molecule has 0 bridgehead atoms. The van der Waals surface area contributed by atoms with Crippen molar-refractivity contribution in [3.63, 3.8) is 0 Å². The maximum absolute atomic E-state index is 12.8. The van der Waals surface area contributed by atoms with Gasteiger partial charge in [-0.15, -0.1) is 0 Å². The maximum Gasteiger partial charge on any atom is 0.262 e. The molecule has 8 nitrogen and oxygen atoms in total. The first-order valence-corrected chi connectivity index (χ1v) is 10.1. The number of nitrogens with zero attached hydrogens (tertiary/aromatic N) is 3. The quantitative estimate of drug-likeness (QED) is 0.635. The molecule has 0 spiro atoms. The molecule has 0 aliphatic heterocycles. The summed E-state index contributed by atoms with van der Waals surface area (Å²) in [6, 6.07) is 11.9. The van der Waals surface area contributed by atoms with E-state index < -0.39 is 10.0 Å². The van der Waals surface area contributed by atoms with Crippen LogP contribution in [0.2, 0.25) is 0 Å². The first kappa shape index (κ1) is 19.6. The molecule has 0 unspecified atom stereocenters. The minimum absolute atomic E-state index is 0.114. The zero-order valence-electron chi connectivity index (χ0n) is 15.6. The molecule has 9 heteroatoms. The van der Waals surface area contributed by atoms with E-state index in [1.807, 2.05) is 13.0 Å². The molecular formula is C19H21N5O3S. The van der Waals surface area contributed by atoms with Gasteiger partial charge in [-0.25, -0.2) is 13.4 Å². The van der Waals surface area contributed by atoms with Crippen molar-refractivity contribution in [1.29, 1.82) is 0 Å². The Hall–Kier alpha value is -3.20. The molecule has 1 heterocycles. The molecule has 0 aliphatic carbocycles. The molecule has 2 aromatic carbocycles. The molecule has 3 aromatic rings. The average Bonchev–Trinajstić information content (AvgIpc) is 3.15. The third-order valence-electron chi connectivity index (χ3n) is 4.07. The van der Waals surface area contributed by atoms with Crippen molar-refractivity contribution in [2.24, 2.45) is 0 Å². The Morgan fingerprint density at radius 2 is 1.93 bits per heavy atom. The molecule has 2 N–H and O–H groups in total. The van der Waals surface area contributed by atoms with Gasteiger partial charge in [0.1, 0.15) is 12.7 Å². The van der Waals surface area contributed by atoms with Crippen LogP contribution in [0.3, 0.4) is 0 Å². The number of aryl methyl sites for hydroxylation is 3. The molecule has 1 aromatic heterocycles. The summed E-state index contributed by atoms with van der Waals surface area (Å²) in [6.07, 6.45) is 3.12. The molecule has 0 saturated carbocycles. The lowest BCUT2D eigenvalue weighted by molar-refractivity contribution is -0.116. The van der Waals surface area contributed by atoms with Crippen LogP contribution in [0.1, 0.15) is 17.5 Å². The Kier molecular flexibility index (Phi) is 5.74. The van der Waals surface area contributed by atoms with Gasteiger partial charge in [-0.1, -0.05) is 18.2 Å². The standard InChI is InChI=1S/C19H21N5O3S/c1-14-4-3-5-17(10-14)23-28(26,27)18-11-16(7-6-15(18)2)22-19(25)8-9-24-13-20-12-21-24/h3-7,10-13,23H,8-9H2,1-2H3,(H,22,25). The van der Waals surface area contributed by atoms with E-state index >= 15 is 0 Å². The lowest BCUT2D eigenvalue weighted by atomic mass is 10.2. The maximum atomic E-state index is 12.8. The van der Waals surface area contributed by atoms with Crippen LogP contribution in [0.5, 0.6) is 0 Å². The monoisotopic (exact) mass is 399 g/mol. The van der Waals surface area contributed by atoms with Gasteiger partial charge in [-0.2, -0.15) is 5.10 Å². The normalized spacial score (nSPS) is 11.2. The molecular weight excluding hydrogens is 378 g/mol. The predicted octanol–water partition coefficient (Wildman–Crippen LogP) is 2.72. The van der Waals surface area contributed by atoms with E-state index in [-0.39, 0.29) is 17.2 Å². The summed E-state index contributed by atoms with van der Waals surface area (Å²) < 4.78 is 29.8. The highest BCUT2D eigenvalue weighted by Gasteiger charge is 2.18. The van der Waals surface area contributed by atoms with Crippen molar-refractivity contribution < 1.29 is 13.2 Å². The van der Waals surface area contributed by atoms with Crippen LogP contribution in [-0.4, -0.2) is 29.1 Å². The van der Waals surface area contributed by atoms with Gasteiger partial charge in [0.25, 0.3) is 10.0 Å². The molecule has 0 aliphatic rings. The van der Waals surface area contributed by atoms with Gasteiger partial charge in [0, 0.05) is 17.8 Å². The Morgan fingerprint density at radius 3 is 2.64 bits per heavy atom. The summed E-state index contributed by atoms with van der Waals surface area (Å²) in [5.74, 6) is -0.241. The minimum atomic E-state index is -3.79. The summed E-state index contributed by atoms with van der Waals surface area (Å²) >= 11 is 0. The first-order valence-electron chi connectivity index (χ1n) is 8.66. The van der Waals surface area contributed by atoms with Crippen molar-refractivity contribution in [1.82, 2.24) is 14.8 Å². The number of hydrogen-bond donors (Lipinski definition) is 2. The third kappa shape index (κ3) is 4.95. The van der Waals surface area contributed by atoms with Crippen LogP contribution < -0.4 is 10.0 Å². The van der Waals surface area contributed by atoms with E-state index in [4.69, 9.17) is 0 Å². The SMILES string of the molecule is Cc1cccc(NS(=O)(=O)c2cc(NC(=O)CCn3cncn3)ccc2C)c1. The number of benzene rings is 2. The van der Waals surface area contributed by atoms with E-state index in [2.05, 4.69) is 20.1 Å². The topological polar surface area (TPSA) is 106 Å². The summed E-state index contributed by atoms with van der Waals surface area (Å²) in [5.41, 5.74) is 2.44. The van der Waals surface area contributed by atoms with Gasteiger partial charge in [0.2, 0.25) is 5.91 Å². The second kappa shape index (κ2) is 8.22. The van der Waals surface area contributed by atoms with E-state index in [0.717, 1.165) is 5.56 Å². The highest BCUT2D eigenvalue weighted by atomic mass is 32.2. The zero-order chi connectivity index (χ0) is 20.1. The fourth-order valence-corrected chi connectivity index (χ4v) is 4.00. The third-order valence-corrected chi connectivity index (χ3v) is 5.59. The molecule has 1 amide bonds. The molecule has 0 atom stereocenters. The van der Waals surface area contributed by atoms with Gasteiger partial charge in [-0.05, 0) is 49.2 Å². The lowest BCUT2D eigenvalue weighted by Gasteiger charge is -2.13. The number of amides is 1. The van der Waals surface area contributed by atoms with Gasteiger partial charge in [0.15, 0.2) is 0 Å². The van der Waals surface area contributed by atoms with Crippen LogP contribution in [0.15, 0.2) is 60.0 Å². The van der Waals surface area contributed by atoms with Crippen LogP contribution in [-0.2, 0) is 21.4 Å². The second-order valence-electron chi connectivity index (χ2n) is 6.41. The fraction of sp³-hybridized carbons (Fsp3) is 0.211. The molecule has 146 valence electrons. The van der Waals surface area contributed by atoms with E-state index in [1.54, 1.807) is 41.9 Å². The second-order valence-corrected chi connectivity index (χ2v) is 8.06. The first-order chi connectivity index (χ1) is 13.3. The molecule has 3 rings (SSSR count). The van der Waals surface area contributed by atoms with E-state index in [1.165, 1.54) is 18.7 Å². The van der Waals surface area contributed by atoms with Gasteiger partial charge >= 0.3 is 0 Å². The fourth-order valence-electron chi connectivity index (χ4n) is 2.67. The predicted molar refractivity (Wildman–Crippen MR) is 106 cm³/mol. The summed E-state index contributed by atoms with van der Waals surface area (Å²) in [5, 5.41) is 6.66. The van der Waals surface area contributed by atoms with Gasteiger partial charge in [-0.3, -0.25) is 14.2 Å². The van der Waals surface area contributed by atoms with Crippen LogP contribution in [0.4, 0.5) is 11.4 Å². The number of carbonyl (C=O) groups excluding carboxylic acids is 1. The molecule has 0 saturated heterocycles. The van der Waals surface area contributed by atoms with Gasteiger partial charge < -0.3 is 5.32 Å². The summed E-state index contributed by atoms with van der Waals surface area (Å²) in [4.78, 5) is 16.1. The van der Waals surface area contributed by atoms with E-state index in [9.17, 15) is 13.2 Å². The van der Waals surface area contributed by atoms with Crippen LogP contribution in [0, 0.1) is 13.8 Å². The number of anilines is 2. The average molecular weight is 399 g/mol. The molecule has 28 heavy (non-hydrogen) atoms. The van der Waals surface area contributed by atoms with Crippen LogP contribution in [0.25, 0.3) is 0 Å². The largest absolute Gasteiger partial charge is 0.326 e. The number of carbonyl (C=O) groups is 1. The Morgan fingerprint density at radius 1 is 1.11 bits per heavy atom. The number of hydrogen-bond acceptors (Lipinski definition) is 5. The highest BCUT2D eigenvalue weighted by molar-refractivity contribution is 7.92. The van der Waals surface area contributed by atoms with Crippen molar-refractivity contribution in [3.8, 4) is 0 Å². The lowest BCUT2D eigenvalue weighted by Crippen LogP contribution is -2.17. The Balaban J connectivity index is 1.74. The van der Waals surface area contributed by atoms with Gasteiger partial charge in [0.05, 0.1) is 11.4 Å². The zero-order valence-corrected chi connectivity index (χ0v) is 16.4. The van der Waals surface area contributed by atoms with Crippen molar-refractivity contribution in [2.75, 3.05) is 10.0 Å². The molecule has 0 fully saturated rings. The van der Waals surface area contributed by atoms with E-state index in [0.29, 0.717) is 23.5 Å². The van der Waals surface area contributed by atoms with Crippen molar-refractivity contribution in [2.45, 2.75) is 31.7 Å². The Labute approximate surface area is 163 Å². The number of sulfonamides is 1. The smallest absolute Gasteiger partial charge is 0.262 e. The number of nitrogens with one attached hydrogen (secondary N) is 2. The summed E-state index contributed by atoms with van der Waals surface area (Å²) in [7, 11) is -3.79. The minimum Gasteiger partial charge on any atom is -0.326 e. The molecule has 0 radical (unpaired) electrons. The number of rotatable bonds is 7. The highest BCUT2D eigenvalue weighted by Crippen LogP contribution is 2.23. The summed E-state index contributed by atoms with van der Waals surface area (Å²) in [6.45, 7) is 3.98. The number of aromatic nitrogens is 3.